The number of rotatable bonds is 13. The molecule has 37 heavy (non-hydrogen) atoms. The van der Waals surface area contributed by atoms with Crippen molar-refractivity contribution < 1.29 is 29.4 Å². The maximum Gasteiger partial charge on any atom is 0.326 e. The Morgan fingerprint density at radius 3 is 2.08 bits per heavy atom. The van der Waals surface area contributed by atoms with Crippen molar-refractivity contribution in [2.75, 3.05) is 0 Å². The first-order valence-electron chi connectivity index (χ1n) is 12.4. The SMILES string of the molecule is CC(C)CC(N)C(=O)NC(C(=O)NC(C(=O)NC(Cc1c[nH]c2ccccc12)C(=O)O)C(C)C)C(C)O. The first-order chi connectivity index (χ1) is 17.3. The van der Waals surface area contributed by atoms with Crippen molar-refractivity contribution in [2.45, 2.75) is 77.7 Å². The Bertz CT molecular complexity index is 1100. The van der Waals surface area contributed by atoms with E-state index in [1.165, 1.54) is 6.92 Å². The molecule has 11 heteroatoms. The average molecular weight is 518 g/mol. The Morgan fingerprint density at radius 1 is 0.919 bits per heavy atom. The van der Waals surface area contributed by atoms with Crippen LogP contribution in [-0.4, -0.2) is 69.2 Å². The molecule has 0 saturated heterocycles. The summed E-state index contributed by atoms with van der Waals surface area (Å²) in [4.78, 5) is 53.6. The Hall–Kier alpha value is -3.44. The zero-order valence-electron chi connectivity index (χ0n) is 21.9. The van der Waals surface area contributed by atoms with E-state index in [1.54, 1.807) is 20.0 Å². The molecule has 0 bridgehead atoms. The topological polar surface area (TPSA) is 187 Å². The van der Waals surface area contributed by atoms with E-state index in [4.69, 9.17) is 5.73 Å². The Labute approximate surface area is 216 Å². The predicted molar refractivity (Wildman–Crippen MR) is 139 cm³/mol. The van der Waals surface area contributed by atoms with Crippen LogP contribution in [0.15, 0.2) is 30.5 Å². The van der Waals surface area contributed by atoms with Gasteiger partial charge in [-0.2, -0.15) is 0 Å². The molecule has 3 amide bonds. The molecule has 0 saturated carbocycles. The van der Waals surface area contributed by atoms with Crippen molar-refractivity contribution in [1.29, 1.82) is 0 Å². The Balaban J connectivity index is 2.13. The molecule has 8 N–H and O–H groups in total. The number of hydrogen-bond acceptors (Lipinski definition) is 6. The van der Waals surface area contributed by atoms with Crippen LogP contribution in [0.5, 0.6) is 0 Å². The number of H-pyrrole nitrogens is 1. The zero-order chi connectivity index (χ0) is 27.9. The summed E-state index contributed by atoms with van der Waals surface area (Å²) in [5, 5.41) is 28.3. The summed E-state index contributed by atoms with van der Waals surface area (Å²) >= 11 is 0. The van der Waals surface area contributed by atoms with E-state index in [-0.39, 0.29) is 12.3 Å². The monoisotopic (exact) mass is 517 g/mol. The maximum absolute atomic E-state index is 13.1. The third-order valence-electron chi connectivity index (χ3n) is 6.09. The fourth-order valence-electron chi connectivity index (χ4n) is 4.04. The fourth-order valence-corrected chi connectivity index (χ4v) is 4.04. The van der Waals surface area contributed by atoms with E-state index in [0.717, 1.165) is 16.5 Å². The van der Waals surface area contributed by atoms with Crippen LogP contribution in [0.1, 0.15) is 46.6 Å². The van der Waals surface area contributed by atoms with Gasteiger partial charge >= 0.3 is 5.97 Å². The Morgan fingerprint density at radius 2 is 1.51 bits per heavy atom. The van der Waals surface area contributed by atoms with Crippen LogP contribution in [0, 0.1) is 11.8 Å². The number of aromatic nitrogens is 1. The first-order valence-corrected chi connectivity index (χ1v) is 12.4. The number of aliphatic hydroxyl groups excluding tert-OH is 1. The molecule has 0 fully saturated rings. The van der Waals surface area contributed by atoms with Gasteiger partial charge in [-0.15, -0.1) is 0 Å². The lowest BCUT2D eigenvalue weighted by Gasteiger charge is -2.28. The van der Waals surface area contributed by atoms with Gasteiger partial charge in [0.05, 0.1) is 12.1 Å². The minimum absolute atomic E-state index is 0.0317. The second kappa shape index (κ2) is 13.2. The Kier molecular flexibility index (Phi) is 10.6. The second-order valence-corrected chi connectivity index (χ2v) is 10.2. The van der Waals surface area contributed by atoms with E-state index in [9.17, 15) is 29.4 Å². The van der Waals surface area contributed by atoms with Crippen molar-refractivity contribution >= 4 is 34.6 Å². The molecule has 2 rings (SSSR count). The van der Waals surface area contributed by atoms with Gasteiger partial charge in [0.1, 0.15) is 18.1 Å². The third kappa shape index (κ3) is 8.29. The van der Waals surface area contributed by atoms with Gasteiger partial charge in [-0.25, -0.2) is 4.79 Å². The summed E-state index contributed by atoms with van der Waals surface area (Å²) in [6, 6.07) is 2.86. The number of benzene rings is 1. The number of carboxylic acid groups (broad SMARTS) is 1. The summed E-state index contributed by atoms with van der Waals surface area (Å²) in [7, 11) is 0. The quantitative estimate of drug-likeness (QED) is 0.203. The lowest BCUT2D eigenvalue weighted by atomic mass is 10.00. The molecule has 5 atom stereocenters. The number of carbonyl (C=O) groups excluding carboxylic acids is 3. The second-order valence-electron chi connectivity index (χ2n) is 10.2. The number of nitrogens with two attached hydrogens (primary N) is 1. The standard InChI is InChI=1S/C26H39N5O6/c1-13(2)10-18(27)23(33)31-22(15(5)32)25(35)30-21(14(3)4)24(34)29-20(26(36)37)11-16-12-28-19-9-7-6-8-17(16)19/h6-9,12-15,18,20-22,28,32H,10-11,27H2,1-5H3,(H,29,34)(H,30,35)(H,31,33)(H,36,37). The van der Waals surface area contributed by atoms with Gasteiger partial charge in [-0.3, -0.25) is 14.4 Å². The molecular weight excluding hydrogens is 478 g/mol. The normalized spacial score (nSPS) is 15.6. The summed E-state index contributed by atoms with van der Waals surface area (Å²) in [5.74, 6) is -3.55. The number of para-hydroxylation sites is 1. The number of carboxylic acids is 1. The number of fused-ring (bicyclic) bond motifs is 1. The molecule has 1 aromatic heterocycles. The van der Waals surface area contributed by atoms with Crippen LogP contribution in [0.4, 0.5) is 0 Å². The first kappa shape index (κ1) is 29.8. The van der Waals surface area contributed by atoms with Gasteiger partial charge in [0, 0.05) is 23.5 Å². The predicted octanol–water partition coefficient (Wildman–Crippen LogP) is 0.660. The number of aliphatic hydroxyl groups is 1. The van der Waals surface area contributed by atoms with Crippen molar-refractivity contribution in [3.63, 3.8) is 0 Å². The smallest absolute Gasteiger partial charge is 0.326 e. The van der Waals surface area contributed by atoms with E-state index in [2.05, 4.69) is 20.9 Å². The van der Waals surface area contributed by atoms with Crippen LogP contribution in [0.3, 0.4) is 0 Å². The van der Waals surface area contributed by atoms with Gasteiger partial charge in [-0.05, 0) is 36.8 Å². The van der Waals surface area contributed by atoms with Gasteiger partial charge in [-0.1, -0.05) is 45.9 Å². The van der Waals surface area contributed by atoms with E-state index in [0.29, 0.717) is 6.42 Å². The van der Waals surface area contributed by atoms with E-state index in [1.807, 2.05) is 38.1 Å². The largest absolute Gasteiger partial charge is 0.480 e. The molecular formula is C26H39N5O6. The van der Waals surface area contributed by atoms with Gasteiger partial charge in [0.2, 0.25) is 17.7 Å². The third-order valence-corrected chi connectivity index (χ3v) is 6.09. The van der Waals surface area contributed by atoms with Crippen LogP contribution in [0.25, 0.3) is 10.9 Å². The van der Waals surface area contributed by atoms with Crippen molar-refractivity contribution in [3.8, 4) is 0 Å². The van der Waals surface area contributed by atoms with Crippen LogP contribution < -0.4 is 21.7 Å². The highest BCUT2D eigenvalue weighted by molar-refractivity contribution is 5.94. The molecule has 2 aromatic rings. The van der Waals surface area contributed by atoms with Crippen molar-refractivity contribution in [1.82, 2.24) is 20.9 Å². The van der Waals surface area contributed by atoms with Crippen LogP contribution >= 0.6 is 0 Å². The molecule has 0 aliphatic rings. The zero-order valence-corrected chi connectivity index (χ0v) is 21.9. The molecule has 11 nitrogen and oxygen atoms in total. The highest BCUT2D eigenvalue weighted by atomic mass is 16.4. The highest BCUT2D eigenvalue weighted by Crippen LogP contribution is 2.19. The number of aliphatic carboxylic acids is 1. The lowest BCUT2D eigenvalue weighted by molar-refractivity contribution is -0.142. The average Bonchev–Trinajstić information content (AvgIpc) is 3.21. The number of nitrogens with one attached hydrogen (secondary N) is 4. The van der Waals surface area contributed by atoms with Crippen molar-refractivity contribution in [3.05, 3.63) is 36.0 Å². The summed E-state index contributed by atoms with van der Waals surface area (Å²) in [6.07, 6.45) is 0.863. The summed E-state index contributed by atoms with van der Waals surface area (Å²) in [5.41, 5.74) is 7.46. The molecule has 0 spiro atoms. The molecule has 5 unspecified atom stereocenters. The fraction of sp³-hybridized carbons (Fsp3) is 0.538. The summed E-state index contributed by atoms with van der Waals surface area (Å²) < 4.78 is 0. The number of hydrogen-bond donors (Lipinski definition) is 7. The summed E-state index contributed by atoms with van der Waals surface area (Å²) in [6.45, 7) is 8.52. The lowest BCUT2D eigenvalue weighted by Crippen LogP contribution is -2.61. The molecule has 1 aromatic carbocycles. The van der Waals surface area contributed by atoms with Crippen LogP contribution in [-0.2, 0) is 25.6 Å². The van der Waals surface area contributed by atoms with Gasteiger partial charge in [0.25, 0.3) is 0 Å². The maximum atomic E-state index is 13.1. The molecule has 1 heterocycles. The van der Waals surface area contributed by atoms with Crippen LogP contribution in [0.2, 0.25) is 0 Å². The molecule has 0 aliphatic carbocycles. The number of aromatic amines is 1. The van der Waals surface area contributed by atoms with E-state index < -0.39 is 59.9 Å². The molecule has 0 radical (unpaired) electrons. The van der Waals surface area contributed by atoms with Gasteiger partial charge < -0.3 is 36.9 Å². The van der Waals surface area contributed by atoms with Gasteiger partial charge in [0.15, 0.2) is 0 Å². The van der Waals surface area contributed by atoms with E-state index >= 15 is 0 Å². The number of carbonyl (C=O) groups is 4. The van der Waals surface area contributed by atoms with Crippen molar-refractivity contribution in [2.24, 2.45) is 17.6 Å². The molecule has 204 valence electrons. The minimum Gasteiger partial charge on any atom is -0.480 e. The minimum atomic E-state index is -1.35. The molecule has 0 aliphatic heterocycles. The highest BCUT2D eigenvalue weighted by Gasteiger charge is 2.34. The number of amides is 3.